The second kappa shape index (κ2) is 1.51. The third kappa shape index (κ3) is 1.03. The van der Waals surface area contributed by atoms with Gasteiger partial charge in [0.25, 0.3) is 0 Å². The Morgan fingerprint density at radius 2 is 2.12 bits per heavy atom. The average Bonchev–Trinajstić information content (AvgIpc) is 1.82. The van der Waals surface area contributed by atoms with Crippen molar-refractivity contribution in [2.24, 2.45) is 5.41 Å². The summed E-state index contributed by atoms with van der Waals surface area (Å²) in [5, 5.41) is 0. The Hall–Kier alpha value is -0.460. The van der Waals surface area contributed by atoms with E-state index in [1.165, 1.54) is 0 Å². The Morgan fingerprint density at radius 3 is 2.25 bits per heavy atom. The average molecular weight is 111 g/mol. The van der Waals surface area contributed by atoms with Crippen LogP contribution in [0.5, 0.6) is 0 Å². The van der Waals surface area contributed by atoms with E-state index in [4.69, 9.17) is 0 Å². The predicted molar refractivity (Wildman–Crippen MR) is 35.6 cm³/mol. The zero-order valence-corrected chi connectivity index (χ0v) is 5.81. The topological polar surface area (TPSA) is 3.24 Å². The van der Waals surface area contributed by atoms with E-state index in [1.54, 1.807) is 0 Å². The standard InChI is InChI=1S/C7H13N/c1-7(2)4-5-8(3)6-7/h4-5H,6H2,1-3H3. The molecular formula is C7H13N. The van der Waals surface area contributed by atoms with E-state index in [2.05, 4.69) is 38.1 Å². The highest BCUT2D eigenvalue weighted by atomic mass is 15.1. The van der Waals surface area contributed by atoms with Gasteiger partial charge in [-0.25, -0.2) is 0 Å². The summed E-state index contributed by atoms with van der Waals surface area (Å²) in [6.45, 7) is 5.65. The predicted octanol–water partition coefficient (Wildman–Crippen LogP) is 1.47. The van der Waals surface area contributed by atoms with Gasteiger partial charge in [0.05, 0.1) is 0 Å². The van der Waals surface area contributed by atoms with Crippen LogP contribution in [0, 0.1) is 5.41 Å². The molecule has 0 spiro atoms. The summed E-state index contributed by atoms with van der Waals surface area (Å²) in [6.07, 6.45) is 4.38. The molecule has 0 fully saturated rings. The summed E-state index contributed by atoms with van der Waals surface area (Å²) in [4.78, 5) is 2.21. The van der Waals surface area contributed by atoms with E-state index in [0.29, 0.717) is 5.41 Å². The van der Waals surface area contributed by atoms with Gasteiger partial charge < -0.3 is 4.90 Å². The van der Waals surface area contributed by atoms with Crippen molar-refractivity contribution in [2.75, 3.05) is 13.6 Å². The maximum atomic E-state index is 2.24. The van der Waals surface area contributed by atoms with Crippen molar-refractivity contribution in [2.45, 2.75) is 13.8 Å². The van der Waals surface area contributed by atoms with Gasteiger partial charge in [0, 0.05) is 19.0 Å². The summed E-state index contributed by atoms with van der Waals surface area (Å²) < 4.78 is 0. The minimum Gasteiger partial charge on any atom is -0.380 e. The Kier molecular flexibility index (Phi) is 1.07. The molecule has 0 bridgehead atoms. The first-order valence-electron chi connectivity index (χ1n) is 3.00. The largest absolute Gasteiger partial charge is 0.380 e. The first kappa shape index (κ1) is 5.67. The highest BCUT2D eigenvalue weighted by molar-refractivity contribution is 5.02. The zero-order chi connectivity index (χ0) is 6.20. The molecule has 1 nitrogen and oxygen atoms in total. The fourth-order valence-corrected chi connectivity index (χ4v) is 1.08. The number of hydrogen-bond acceptors (Lipinski definition) is 1. The summed E-state index contributed by atoms with van der Waals surface area (Å²) in [6, 6.07) is 0. The van der Waals surface area contributed by atoms with E-state index in [9.17, 15) is 0 Å². The van der Waals surface area contributed by atoms with Crippen molar-refractivity contribution in [3.8, 4) is 0 Å². The normalized spacial score (nSPS) is 24.6. The number of rotatable bonds is 0. The lowest BCUT2D eigenvalue weighted by atomic mass is 9.96. The SMILES string of the molecule is CN1C=CC(C)(C)C1. The highest BCUT2D eigenvalue weighted by Crippen LogP contribution is 2.23. The summed E-state index contributed by atoms with van der Waals surface area (Å²) >= 11 is 0. The number of nitrogens with zero attached hydrogens (tertiary/aromatic N) is 1. The van der Waals surface area contributed by atoms with Crippen molar-refractivity contribution in [3.05, 3.63) is 12.3 Å². The maximum Gasteiger partial charge on any atom is 0.0255 e. The van der Waals surface area contributed by atoms with Crippen LogP contribution in [0.3, 0.4) is 0 Å². The lowest BCUT2D eigenvalue weighted by Crippen LogP contribution is -2.18. The Balaban J connectivity index is 2.58. The Bertz CT molecular complexity index is 114. The summed E-state index contributed by atoms with van der Waals surface area (Å²) in [5.74, 6) is 0. The van der Waals surface area contributed by atoms with E-state index >= 15 is 0 Å². The molecule has 0 amide bonds. The van der Waals surface area contributed by atoms with Crippen molar-refractivity contribution >= 4 is 0 Å². The van der Waals surface area contributed by atoms with E-state index in [0.717, 1.165) is 6.54 Å². The lowest BCUT2D eigenvalue weighted by molar-refractivity contribution is 0.363. The minimum absolute atomic E-state index is 0.411. The van der Waals surface area contributed by atoms with Crippen LogP contribution >= 0.6 is 0 Å². The van der Waals surface area contributed by atoms with Crippen LogP contribution in [0.1, 0.15) is 13.8 Å². The van der Waals surface area contributed by atoms with Crippen LogP contribution in [0.4, 0.5) is 0 Å². The van der Waals surface area contributed by atoms with Gasteiger partial charge in [-0.3, -0.25) is 0 Å². The van der Waals surface area contributed by atoms with E-state index in [1.807, 2.05) is 0 Å². The number of hydrogen-bond donors (Lipinski definition) is 0. The molecule has 8 heavy (non-hydrogen) atoms. The van der Waals surface area contributed by atoms with Crippen LogP contribution in [-0.2, 0) is 0 Å². The molecule has 0 unspecified atom stereocenters. The first-order valence-corrected chi connectivity index (χ1v) is 3.00. The van der Waals surface area contributed by atoms with Crippen LogP contribution in [0.25, 0.3) is 0 Å². The molecule has 1 heterocycles. The molecule has 0 atom stereocenters. The first-order chi connectivity index (χ1) is 3.60. The van der Waals surface area contributed by atoms with Crippen LogP contribution in [0.2, 0.25) is 0 Å². The molecule has 0 saturated heterocycles. The van der Waals surface area contributed by atoms with Crippen LogP contribution < -0.4 is 0 Å². The molecule has 1 heteroatoms. The monoisotopic (exact) mass is 111 g/mol. The fourth-order valence-electron chi connectivity index (χ4n) is 1.08. The lowest BCUT2D eigenvalue weighted by Gasteiger charge is -2.16. The molecular weight excluding hydrogens is 98.1 g/mol. The maximum absolute atomic E-state index is 2.24. The van der Waals surface area contributed by atoms with Gasteiger partial charge in [-0.2, -0.15) is 0 Å². The van der Waals surface area contributed by atoms with Crippen molar-refractivity contribution in [3.63, 3.8) is 0 Å². The van der Waals surface area contributed by atoms with Crippen LogP contribution in [0.15, 0.2) is 12.3 Å². The van der Waals surface area contributed by atoms with Gasteiger partial charge in [0.1, 0.15) is 0 Å². The summed E-state index contributed by atoms with van der Waals surface area (Å²) in [7, 11) is 2.10. The quantitative estimate of drug-likeness (QED) is 0.457. The molecule has 1 rings (SSSR count). The molecule has 0 aromatic heterocycles. The molecule has 1 aliphatic rings. The zero-order valence-electron chi connectivity index (χ0n) is 5.81. The Labute approximate surface area is 51.0 Å². The molecule has 0 radical (unpaired) electrons. The second-order valence-electron chi connectivity index (χ2n) is 3.22. The van der Waals surface area contributed by atoms with Gasteiger partial charge >= 0.3 is 0 Å². The van der Waals surface area contributed by atoms with Crippen molar-refractivity contribution in [1.82, 2.24) is 4.90 Å². The third-order valence-corrected chi connectivity index (χ3v) is 1.44. The van der Waals surface area contributed by atoms with Gasteiger partial charge in [-0.15, -0.1) is 0 Å². The molecule has 46 valence electrons. The van der Waals surface area contributed by atoms with Gasteiger partial charge in [0.15, 0.2) is 0 Å². The van der Waals surface area contributed by atoms with E-state index in [-0.39, 0.29) is 0 Å². The highest BCUT2D eigenvalue weighted by Gasteiger charge is 2.19. The van der Waals surface area contributed by atoms with Gasteiger partial charge in [-0.1, -0.05) is 19.9 Å². The molecule has 0 aromatic carbocycles. The molecule has 0 N–H and O–H groups in total. The Morgan fingerprint density at radius 1 is 1.50 bits per heavy atom. The van der Waals surface area contributed by atoms with E-state index < -0.39 is 0 Å². The van der Waals surface area contributed by atoms with Gasteiger partial charge in [-0.05, 0) is 6.20 Å². The third-order valence-electron chi connectivity index (χ3n) is 1.44. The second-order valence-corrected chi connectivity index (χ2v) is 3.22. The molecule has 0 aliphatic carbocycles. The van der Waals surface area contributed by atoms with Crippen molar-refractivity contribution in [1.29, 1.82) is 0 Å². The molecule has 1 aliphatic heterocycles. The molecule has 0 saturated carbocycles. The van der Waals surface area contributed by atoms with Gasteiger partial charge in [0.2, 0.25) is 0 Å². The smallest absolute Gasteiger partial charge is 0.0255 e. The van der Waals surface area contributed by atoms with Crippen molar-refractivity contribution < 1.29 is 0 Å². The van der Waals surface area contributed by atoms with Crippen LogP contribution in [-0.4, -0.2) is 18.5 Å². The summed E-state index contributed by atoms with van der Waals surface area (Å²) in [5.41, 5.74) is 0.411. The fraction of sp³-hybridized carbons (Fsp3) is 0.714. The molecule has 0 aromatic rings. The minimum atomic E-state index is 0.411.